The molecule has 94 valence electrons. The van der Waals surface area contributed by atoms with E-state index >= 15 is 0 Å². The van der Waals surface area contributed by atoms with Gasteiger partial charge in [0.15, 0.2) is 0 Å². The van der Waals surface area contributed by atoms with Gasteiger partial charge in [-0.3, -0.25) is 9.69 Å². The summed E-state index contributed by atoms with van der Waals surface area (Å²) < 4.78 is 0.792. The topological polar surface area (TPSA) is 40.5 Å². The maximum absolute atomic E-state index is 10.8. The minimum atomic E-state index is -0.711. The van der Waals surface area contributed by atoms with Crippen molar-refractivity contribution in [2.24, 2.45) is 0 Å². The fourth-order valence-corrected chi connectivity index (χ4v) is 3.50. The molecule has 5 heteroatoms. The average molecular weight is 274 g/mol. The van der Waals surface area contributed by atoms with Crippen molar-refractivity contribution in [2.45, 2.75) is 38.3 Å². The zero-order valence-corrected chi connectivity index (χ0v) is 11.3. The number of carboxylic acid groups (broad SMARTS) is 1. The van der Waals surface area contributed by atoms with Crippen molar-refractivity contribution < 1.29 is 9.90 Å². The van der Waals surface area contributed by atoms with E-state index in [0.717, 1.165) is 23.7 Å². The van der Waals surface area contributed by atoms with Crippen LogP contribution in [0.3, 0.4) is 0 Å². The van der Waals surface area contributed by atoms with Crippen LogP contribution in [-0.2, 0) is 4.79 Å². The van der Waals surface area contributed by atoms with E-state index in [1.54, 1.807) is 0 Å². The first kappa shape index (κ1) is 12.9. The van der Waals surface area contributed by atoms with E-state index < -0.39 is 5.97 Å². The maximum atomic E-state index is 10.8. The molecule has 1 aromatic rings. The van der Waals surface area contributed by atoms with Gasteiger partial charge in [0, 0.05) is 12.1 Å². The lowest BCUT2D eigenvalue weighted by atomic mass is 10.1. The average Bonchev–Trinajstić information content (AvgIpc) is 2.85. The van der Waals surface area contributed by atoms with Crippen molar-refractivity contribution in [3.05, 3.63) is 21.3 Å². The molecule has 1 fully saturated rings. The van der Waals surface area contributed by atoms with Crippen LogP contribution < -0.4 is 0 Å². The fourth-order valence-electron chi connectivity index (χ4n) is 2.52. The summed E-state index contributed by atoms with van der Waals surface area (Å²) in [5.74, 6) is -0.711. The molecule has 17 heavy (non-hydrogen) atoms. The third kappa shape index (κ3) is 3.00. The number of nitrogens with zero attached hydrogens (tertiary/aromatic N) is 1. The molecule has 0 saturated carbocycles. The monoisotopic (exact) mass is 273 g/mol. The summed E-state index contributed by atoms with van der Waals surface area (Å²) in [7, 11) is 0. The van der Waals surface area contributed by atoms with Crippen molar-refractivity contribution in [3.63, 3.8) is 0 Å². The molecule has 1 aromatic heterocycles. The Hall–Kier alpha value is -0.580. The summed E-state index contributed by atoms with van der Waals surface area (Å²) in [4.78, 5) is 13.1. The lowest BCUT2D eigenvalue weighted by Crippen LogP contribution is -2.33. The maximum Gasteiger partial charge on any atom is 0.304 e. The highest BCUT2D eigenvalue weighted by Crippen LogP contribution is 2.33. The van der Waals surface area contributed by atoms with Crippen LogP contribution in [0.15, 0.2) is 11.4 Å². The van der Waals surface area contributed by atoms with Gasteiger partial charge >= 0.3 is 5.97 Å². The van der Waals surface area contributed by atoms with E-state index in [1.807, 2.05) is 6.07 Å². The predicted molar refractivity (Wildman–Crippen MR) is 69.7 cm³/mol. The number of hydrogen-bond acceptors (Lipinski definition) is 3. The van der Waals surface area contributed by atoms with E-state index in [-0.39, 0.29) is 18.5 Å². The molecule has 2 atom stereocenters. The third-order valence-corrected chi connectivity index (χ3v) is 4.51. The van der Waals surface area contributed by atoms with E-state index in [1.165, 1.54) is 16.9 Å². The number of carbonyl (C=O) groups is 1. The second kappa shape index (κ2) is 5.38. The molecule has 1 aliphatic heterocycles. The first-order chi connectivity index (χ1) is 8.08. The standard InChI is InChI=1S/C12H16ClNO2S/c1-8(9-5-11(13)17-7-9)14-4-2-3-10(14)6-12(15)16/h5,7-8,10H,2-4,6H2,1H3,(H,15,16). The molecule has 1 N–H and O–H groups in total. The number of aliphatic carboxylic acids is 1. The van der Waals surface area contributed by atoms with Gasteiger partial charge in [-0.15, -0.1) is 11.3 Å². The van der Waals surface area contributed by atoms with Crippen molar-refractivity contribution >= 4 is 28.9 Å². The molecule has 1 aliphatic rings. The van der Waals surface area contributed by atoms with Crippen LogP contribution in [-0.4, -0.2) is 28.6 Å². The zero-order valence-electron chi connectivity index (χ0n) is 9.73. The van der Waals surface area contributed by atoms with Gasteiger partial charge in [-0.25, -0.2) is 0 Å². The SMILES string of the molecule is CC(c1csc(Cl)c1)N1CCCC1CC(=O)O. The molecular weight excluding hydrogens is 258 g/mol. The molecule has 2 rings (SSSR count). The van der Waals surface area contributed by atoms with Gasteiger partial charge in [-0.1, -0.05) is 11.6 Å². The van der Waals surface area contributed by atoms with Gasteiger partial charge in [0.1, 0.15) is 0 Å². The van der Waals surface area contributed by atoms with Crippen LogP contribution in [0, 0.1) is 0 Å². The Labute approximate surface area is 110 Å². The second-order valence-corrected chi connectivity index (χ2v) is 6.03. The Morgan fingerprint density at radius 3 is 3.12 bits per heavy atom. The molecule has 1 saturated heterocycles. The summed E-state index contributed by atoms with van der Waals surface area (Å²) >= 11 is 7.47. The zero-order chi connectivity index (χ0) is 12.4. The minimum absolute atomic E-state index is 0.168. The highest BCUT2D eigenvalue weighted by molar-refractivity contribution is 7.14. The Kier molecular flexibility index (Phi) is 4.07. The van der Waals surface area contributed by atoms with Crippen LogP contribution >= 0.6 is 22.9 Å². The molecule has 0 amide bonds. The predicted octanol–water partition coefficient (Wildman–Crippen LogP) is 3.40. The van der Waals surface area contributed by atoms with Gasteiger partial charge < -0.3 is 5.11 Å². The Bertz CT molecular complexity index is 407. The fraction of sp³-hybridized carbons (Fsp3) is 0.583. The van der Waals surface area contributed by atoms with Crippen LogP contribution in [0.1, 0.15) is 37.8 Å². The lowest BCUT2D eigenvalue weighted by molar-refractivity contribution is -0.138. The first-order valence-electron chi connectivity index (χ1n) is 5.79. The van der Waals surface area contributed by atoms with Crippen LogP contribution in [0.2, 0.25) is 4.34 Å². The van der Waals surface area contributed by atoms with Crippen molar-refractivity contribution in [3.8, 4) is 0 Å². The molecule has 0 aliphatic carbocycles. The molecular formula is C12H16ClNO2S. The van der Waals surface area contributed by atoms with Crippen molar-refractivity contribution in [1.82, 2.24) is 4.90 Å². The largest absolute Gasteiger partial charge is 0.481 e. The van der Waals surface area contributed by atoms with Gasteiger partial charge in [0.2, 0.25) is 0 Å². The first-order valence-corrected chi connectivity index (χ1v) is 7.05. The normalized spacial score (nSPS) is 22.8. The van der Waals surface area contributed by atoms with E-state index in [0.29, 0.717) is 0 Å². The van der Waals surface area contributed by atoms with Gasteiger partial charge in [-0.05, 0) is 43.3 Å². The van der Waals surface area contributed by atoms with E-state index in [2.05, 4.69) is 17.2 Å². The van der Waals surface area contributed by atoms with Crippen molar-refractivity contribution in [1.29, 1.82) is 0 Å². The highest BCUT2D eigenvalue weighted by atomic mass is 35.5. The van der Waals surface area contributed by atoms with Crippen molar-refractivity contribution in [2.75, 3.05) is 6.54 Å². The number of carboxylic acids is 1. The second-order valence-electron chi connectivity index (χ2n) is 4.49. The molecule has 0 radical (unpaired) electrons. The molecule has 0 spiro atoms. The minimum Gasteiger partial charge on any atom is -0.481 e. The van der Waals surface area contributed by atoms with Gasteiger partial charge in [0.05, 0.1) is 10.8 Å². The highest BCUT2D eigenvalue weighted by Gasteiger charge is 2.30. The number of rotatable bonds is 4. The lowest BCUT2D eigenvalue weighted by Gasteiger charge is -2.29. The van der Waals surface area contributed by atoms with Crippen LogP contribution in [0.5, 0.6) is 0 Å². The molecule has 0 aromatic carbocycles. The smallest absolute Gasteiger partial charge is 0.304 e. The van der Waals surface area contributed by atoms with Gasteiger partial charge in [0.25, 0.3) is 0 Å². The summed E-state index contributed by atoms with van der Waals surface area (Å²) in [5, 5.41) is 11.0. The molecule has 3 nitrogen and oxygen atoms in total. The Morgan fingerprint density at radius 1 is 1.76 bits per heavy atom. The van der Waals surface area contributed by atoms with E-state index in [9.17, 15) is 4.79 Å². The summed E-state index contributed by atoms with van der Waals surface area (Å²) in [6, 6.07) is 2.40. The quantitative estimate of drug-likeness (QED) is 0.914. The molecule has 2 unspecified atom stereocenters. The number of halogens is 1. The molecule has 2 heterocycles. The molecule has 0 bridgehead atoms. The van der Waals surface area contributed by atoms with E-state index in [4.69, 9.17) is 16.7 Å². The third-order valence-electron chi connectivity index (χ3n) is 3.40. The number of thiophene rings is 1. The Morgan fingerprint density at radius 2 is 2.53 bits per heavy atom. The Balaban J connectivity index is 2.07. The van der Waals surface area contributed by atoms with Crippen LogP contribution in [0.25, 0.3) is 0 Å². The number of hydrogen-bond donors (Lipinski definition) is 1. The van der Waals surface area contributed by atoms with Crippen LogP contribution in [0.4, 0.5) is 0 Å². The summed E-state index contributed by atoms with van der Waals surface area (Å²) in [5.41, 5.74) is 1.19. The number of likely N-dealkylation sites (tertiary alicyclic amines) is 1. The van der Waals surface area contributed by atoms with Gasteiger partial charge in [-0.2, -0.15) is 0 Å². The summed E-state index contributed by atoms with van der Waals surface area (Å²) in [6.07, 6.45) is 2.30. The summed E-state index contributed by atoms with van der Waals surface area (Å²) in [6.45, 7) is 3.10.